The van der Waals surface area contributed by atoms with Crippen LogP contribution in [0.25, 0.3) is 11.1 Å². The van der Waals surface area contributed by atoms with Crippen LogP contribution in [0.3, 0.4) is 0 Å². The largest absolute Gasteiger partial charge is 0.0843 e. The first-order valence-corrected chi connectivity index (χ1v) is 7.05. The van der Waals surface area contributed by atoms with Crippen LogP contribution >= 0.6 is 50.7 Å². The van der Waals surface area contributed by atoms with Gasteiger partial charge in [-0.3, -0.25) is 0 Å². The van der Waals surface area contributed by atoms with E-state index in [0.29, 0.717) is 10.0 Å². The molecular formula is C13H6BrCl3. The summed E-state index contributed by atoms with van der Waals surface area (Å²) in [5.41, 5.74) is 4.40. The van der Waals surface area contributed by atoms with Gasteiger partial charge in [0.25, 0.3) is 0 Å². The van der Waals surface area contributed by atoms with Crippen molar-refractivity contribution in [2.45, 2.75) is 4.83 Å². The second-order valence-electron chi connectivity index (χ2n) is 3.95. The maximum atomic E-state index is 6.27. The van der Waals surface area contributed by atoms with Gasteiger partial charge in [-0.15, -0.1) is 0 Å². The van der Waals surface area contributed by atoms with Gasteiger partial charge in [0.2, 0.25) is 0 Å². The van der Waals surface area contributed by atoms with E-state index in [1.165, 1.54) is 0 Å². The van der Waals surface area contributed by atoms with Gasteiger partial charge in [0.1, 0.15) is 0 Å². The van der Waals surface area contributed by atoms with Crippen molar-refractivity contribution in [1.29, 1.82) is 0 Å². The Labute approximate surface area is 123 Å². The lowest BCUT2D eigenvalue weighted by atomic mass is 10.1. The van der Waals surface area contributed by atoms with Crippen molar-refractivity contribution in [2.75, 3.05) is 0 Å². The molecule has 0 spiro atoms. The minimum atomic E-state index is 0.0994. The summed E-state index contributed by atoms with van der Waals surface area (Å²) in [4.78, 5) is 0.0994. The summed E-state index contributed by atoms with van der Waals surface area (Å²) in [5, 5.41) is 2.05. The molecule has 1 aliphatic rings. The zero-order chi connectivity index (χ0) is 12.2. The van der Waals surface area contributed by atoms with Gasteiger partial charge in [-0.25, -0.2) is 0 Å². The van der Waals surface area contributed by atoms with Crippen molar-refractivity contribution in [3.05, 3.63) is 56.5 Å². The molecule has 1 atom stereocenters. The molecule has 0 saturated carbocycles. The third kappa shape index (κ3) is 1.80. The minimum absolute atomic E-state index is 0.0994. The molecule has 0 nitrogen and oxygen atoms in total. The van der Waals surface area contributed by atoms with E-state index in [-0.39, 0.29) is 4.83 Å². The highest BCUT2D eigenvalue weighted by Crippen LogP contribution is 2.51. The van der Waals surface area contributed by atoms with Crippen molar-refractivity contribution in [1.82, 2.24) is 0 Å². The maximum Gasteiger partial charge on any atom is 0.0658 e. The standard InChI is InChI=1S/C13H6BrCl3/c14-13-9-3-6(15)1-2-8(9)12-10(13)4-7(16)5-11(12)17/h1-5,13H/t13-/m0/s1. The van der Waals surface area contributed by atoms with Gasteiger partial charge in [-0.2, -0.15) is 0 Å². The molecule has 4 heteroatoms. The Balaban J connectivity index is 2.35. The van der Waals surface area contributed by atoms with E-state index in [1.807, 2.05) is 24.3 Å². The van der Waals surface area contributed by atoms with Crippen LogP contribution in [0.4, 0.5) is 0 Å². The first-order valence-electron chi connectivity index (χ1n) is 5.01. The lowest BCUT2D eigenvalue weighted by Gasteiger charge is -2.05. The second kappa shape index (κ2) is 4.17. The molecule has 0 heterocycles. The third-order valence-corrected chi connectivity index (χ3v) is 4.65. The molecule has 1 aliphatic carbocycles. The van der Waals surface area contributed by atoms with E-state index in [9.17, 15) is 0 Å². The highest BCUT2D eigenvalue weighted by atomic mass is 79.9. The molecule has 3 rings (SSSR count). The van der Waals surface area contributed by atoms with Crippen LogP contribution in [-0.2, 0) is 0 Å². The molecular weight excluding hydrogens is 342 g/mol. The number of fused-ring (bicyclic) bond motifs is 3. The molecule has 0 fully saturated rings. The summed E-state index contributed by atoms with van der Waals surface area (Å²) in [6, 6.07) is 9.54. The number of hydrogen-bond donors (Lipinski definition) is 0. The maximum absolute atomic E-state index is 6.27. The van der Waals surface area contributed by atoms with Crippen molar-refractivity contribution in [2.24, 2.45) is 0 Å². The summed E-state index contributed by atoms with van der Waals surface area (Å²) in [6.45, 7) is 0. The van der Waals surface area contributed by atoms with E-state index < -0.39 is 0 Å². The van der Waals surface area contributed by atoms with Crippen molar-refractivity contribution in [3.8, 4) is 11.1 Å². The molecule has 0 bridgehead atoms. The Morgan fingerprint density at radius 1 is 0.882 bits per heavy atom. The second-order valence-corrected chi connectivity index (χ2v) is 6.14. The Hall–Kier alpha value is -0.210. The van der Waals surface area contributed by atoms with Gasteiger partial charge >= 0.3 is 0 Å². The molecule has 2 aromatic carbocycles. The Morgan fingerprint density at radius 2 is 1.59 bits per heavy atom. The van der Waals surface area contributed by atoms with Crippen LogP contribution < -0.4 is 0 Å². The third-order valence-electron chi connectivity index (χ3n) is 2.91. The van der Waals surface area contributed by atoms with Crippen LogP contribution in [0.15, 0.2) is 30.3 Å². The van der Waals surface area contributed by atoms with Gasteiger partial charge in [0.15, 0.2) is 0 Å². The predicted molar refractivity (Wildman–Crippen MR) is 77.7 cm³/mol. The summed E-state index contributed by atoms with van der Waals surface area (Å²) in [7, 11) is 0. The van der Waals surface area contributed by atoms with Gasteiger partial charge in [0, 0.05) is 15.6 Å². The van der Waals surface area contributed by atoms with E-state index in [1.54, 1.807) is 6.07 Å². The molecule has 0 radical (unpaired) electrons. The molecule has 17 heavy (non-hydrogen) atoms. The summed E-state index contributed by atoms with van der Waals surface area (Å²) >= 11 is 22.0. The Bertz CT molecular complexity index is 622. The average Bonchev–Trinajstić information content (AvgIpc) is 2.53. The SMILES string of the molecule is Clc1ccc2c(c1)[C@H](Br)c1cc(Cl)cc(Cl)c1-2. The van der Waals surface area contributed by atoms with E-state index >= 15 is 0 Å². The summed E-state index contributed by atoms with van der Waals surface area (Å²) < 4.78 is 0. The lowest BCUT2D eigenvalue weighted by molar-refractivity contribution is 1.25. The van der Waals surface area contributed by atoms with E-state index in [0.717, 1.165) is 27.3 Å². The molecule has 0 unspecified atom stereocenters. The predicted octanol–water partition coefficient (Wildman–Crippen LogP) is 6.11. The van der Waals surface area contributed by atoms with Crippen molar-refractivity contribution >= 4 is 50.7 Å². The molecule has 0 saturated heterocycles. The molecule has 0 aromatic heterocycles. The first-order chi connectivity index (χ1) is 8.08. The summed E-state index contributed by atoms with van der Waals surface area (Å²) in [5.74, 6) is 0. The van der Waals surface area contributed by atoms with Gasteiger partial charge in [-0.05, 0) is 41.0 Å². The fourth-order valence-corrected chi connectivity index (χ4v) is 3.75. The Morgan fingerprint density at radius 3 is 2.35 bits per heavy atom. The molecule has 0 aliphatic heterocycles. The number of benzene rings is 2. The van der Waals surface area contributed by atoms with E-state index in [4.69, 9.17) is 34.8 Å². The highest BCUT2D eigenvalue weighted by molar-refractivity contribution is 9.09. The van der Waals surface area contributed by atoms with Crippen molar-refractivity contribution < 1.29 is 0 Å². The zero-order valence-electron chi connectivity index (χ0n) is 8.48. The number of alkyl halides is 1. The highest BCUT2D eigenvalue weighted by Gasteiger charge is 2.29. The molecule has 0 N–H and O–H groups in total. The number of halogens is 4. The first kappa shape index (κ1) is 11.9. The van der Waals surface area contributed by atoms with Gasteiger partial charge < -0.3 is 0 Å². The van der Waals surface area contributed by atoms with Gasteiger partial charge in [-0.1, -0.05) is 56.8 Å². The van der Waals surface area contributed by atoms with Crippen molar-refractivity contribution in [3.63, 3.8) is 0 Å². The average molecular weight is 348 g/mol. The summed E-state index contributed by atoms with van der Waals surface area (Å²) in [6.07, 6.45) is 0. The zero-order valence-corrected chi connectivity index (χ0v) is 12.3. The number of rotatable bonds is 0. The monoisotopic (exact) mass is 346 g/mol. The molecule has 2 aromatic rings. The normalized spacial score (nSPS) is 16.8. The topological polar surface area (TPSA) is 0 Å². The van der Waals surface area contributed by atoms with Crippen LogP contribution in [0.5, 0.6) is 0 Å². The Kier molecular flexibility index (Phi) is 2.91. The lowest BCUT2D eigenvalue weighted by Crippen LogP contribution is -1.85. The van der Waals surface area contributed by atoms with Crippen LogP contribution in [0, 0.1) is 0 Å². The van der Waals surface area contributed by atoms with Gasteiger partial charge in [0.05, 0.1) is 9.85 Å². The van der Waals surface area contributed by atoms with Crippen LogP contribution in [0.2, 0.25) is 15.1 Å². The fraction of sp³-hybridized carbons (Fsp3) is 0.0769. The van der Waals surface area contributed by atoms with E-state index in [2.05, 4.69) is 15.9 Å². The molecule has 0 amide bonds. The van der Waals surface area contributed by atoms with Crippen LogP contribution in [-0.4, -0.2) is 0 Å². The smallest absolute Gasteiger partial charge is 0.0658 e. The van der Waals surface area contributed by atoms with Crippen LogP contribution in [0.1, 0.15) is 16.0 Å². The number of hydrogen-bond acceptors (Lipinski definition) is 0. The minimum Gasteiger partial charge on any atom is -0.0843 e. The quantitative estimate of drug-likeness (QED) is 0.504. The fourth-order valence-electron chi connectivity index (χ4n) is 2.22. The molecule has 86 valence electrons.